The number of methoxy groups -OCH3 is 1. The average Bonchev–Trinajstić information content (AvgIpc) is 2.48. The van der Waals surface area contributed by atoms with Gasteiger partial charge in [0, 0.05) is 7.05 Å². The predicted octanol–water partition coefficient (Wildman–Crippen LogP) is 0.613. The van der Waals surface area contributed by atoms with Gasteiger partial charge in [-0.2, -0.15) is 0 Å². The molecule has 1 aromatic rings. The number of rotatable bonds is 2. The van der Waals surface area contributed by atoms with E-state index >= 15 is 0 Å². The van der Waals surface area contributed by atoms with Crippen LogP contribution < -0.4 is 9.47 Å². The van der Waals surface area contributed by atoms with Gasteiger partial charge < -0.3 is 19.5 Å². The van der Waals surface area contributed by atoms with E-state index in [9.17, 15) is 9.59 Å². The Bertz CT molecular complexity index is 499. The molecule has 1 aromatic carbocycles. The molecule has 6 nitrogen and oxygen atoms in total. The van der Waals surface area contributed by atoms with Crippen molar-refractivity contribution in [3.63, 3.8) is 0 Å². The molecule has 18 heavy (non-hydrogen) atoms. The third-order valence-electron chi connectivity index (χ3n) is 2.89. The van der Waals surface area contributed by atoms with Crippen LogP contribution in [-0.4, -0.2) is 48.7 Å². The Hall–Kier alpha value is -2.24. The fraction of sp³-hybridized carbons (Fsp3) is 0.333. The summed E-state index contributed by atoms with van der Waals surface area (Å²) in [7, 11) is 2.91. The molecule has 0 saturated carbocycles. The van der Waals surface area contributed by atoms with E-state index in [2.05, 4.69) is 0 Å². The Morgan fingerprint density at radius 1 is 1.56 bits per heavy atom. The average molecular weight is 251 g/mol. The number of nitrogens with zero attached hydrogens (tertiary/aromatic N) is 1. The number of hydrogen-bond acceptors (Lipinski definition) is 4. The molecule has 96 valence electrons. The van der Waals surface area contributed by atoms with Gasteiger partial charge in [-0.25, -0.2) is 4.79 Å². The van der Waals surface area contributed by atoms with Crippen molar-refractivity contribution in [3.05, 3.63) is 23.8 Å². The maximum Gasteiger partial charge on any atom is 0.330 e. The largest absolute Gasteiger partial charge is 0.493 e. The summed E-state index contributed by atoms with van der Waals surface area (Å²) in [5.41, 5.74) is 0.306. The fourth-order valence-electron chi connectivity index (χ4n) is 1.84. The molecule has 0 spiro atoms. The highest BCUT2D eigenvalue weighted by Gasteiger charge is 2.34. The summed E-state index contributed by atoms with van der Waals surface area (Å²) >= 11 is 0. The number of aliphatic carboxylic acids is 1. The maximum atomic E-state index is 12.1. The summed E-state index contributed by atoms with van der Waals surface area (Å²) in [6.45, 7) is -0.106. The molecule has 1 unspecified atom stereocenters. The molecule has 0 aliphatic carbocycles. The second kappa shape index (κ2) is 4.56. The van der Waals surface area contributed by atoms with E-state index in [-0.39, 0.29) is 6.61 Å². The summed E-state index contributed by atoms with van der Waals surface area (Å²) in [5, 5.41) is 9.05. The minimum atomic E-state index is -1.10. The van der Waals surface area contributed by atoms with Crippen LogP contribution in [0.15, 0.2) is 18.2 Å². The van der Waals surface area contributed by atoms with E-state index in [1.807, 2.05) is 0 Å². The molecule has 0 fully saturated rings. The number of carbonyl (C=O) groups is 2. The Labute approximate surface area is 104 Å². The van der Waals surface area contributed by atoms with Gasteiger partial charge in [-0.1, -0.05) is 6.07 Å². The van der Waals surface area contributed by atoms with Crippen LogP contribution in [0.3, 0.4) is 0 Å². The zero-order valence-corrected chi connectivity index (χ0v) is 10.0. The van der Waals surface area contributed by atoms with Crippen LogP contribution in [0.1, 0.15) is 10.4 Å². The SMILES string of the molecule is COc1cccc2c1OCC(C(=O)O)N(C)C2=O. The van der Waals surface area contributed by atoms with Crippen LogP contribution in [0.4, 0.5) is 0 Å². The van der Waals surface area contributed by atoms with E-state index in [4.69, 9.17) is 14.6 Å². The van der Waals surface area contributed by atoms with E-state index in [0.29, 0.717) is 17.1 Å². The third-order valence-corrected chi connectivity index (χ3v) is 2.89. The number of fused-ring (bicyclic) bond motifs is 1. The molecular formula is C12H13NO5. The number of ether oxygens (including phenoxy) is 2. The topological polar surface area (TPSA) is 76.1 Å². The lowest BCUT2D eigenvalue weighted by atomic mass is 10.1. The molecule has 0 saturated heterocycles. The Kier molecular flexibility index (Phi) is 3.10. The second-order valence-electron chi connectivity index (χ2n) is 3.92. The Balaban J connectivity index is 2.48. The van der Waals surface area contributed by atoms with E-state index in [1.54, 1.807) is 18.2 Å². The van der Waals surface area contributed by atoms with Crippen molar-refractivity contribution in [2.75, 3.05) is 20.8 Å². The van der Waals surface area contributed by atoms with Gasteiger partial charge in [0.25, 0.3) is 5.91 Å². The first-order valence-electron chi connectivity index (χ1n) is 5.36. The summed E-state index contributed by atoms with van der Waals surface area (Å²) in [4.78, 5) is 24.4. The Morgan fingerprint density at radius 2 is 2.28 bits per heavy atom. The molecule has 0 bridgehead atoms. The summed E-state index contributed by atoms with van der Waals surface area (Å²) in [5.74, 6) is -0.785. The zero-order chi connectivity index (χ0) is 13.3. The van der Waals surface area contributed by atoms with Crippen molar-refractivity contribution in [1.29, 1.82) is 0 Å². The minimum Gasteiger partial charge on any atom is -0.493 e. The molecule has 1 atom stereocenters. The summed E-state index contributed by atoms with van der Waals surface area (Å²) in [6.07, 6.45) is 0. The van der Waals surface area contributed by atoms with Crippen LogP contribution in [0, 0.1) is 0 Å². The van der Waals surface area contributed by atoms with Crippen molar-refractivity contribution in [2.24, 2.45) is 0 Å². The first-order valence-corrected chi connectivity index (χ1v) is 5.36. The van der Waals surface area contributed by atoms with Gasteiger partial charge in [-0.15, -0.1) is 0 Å². The van der Waals surface area contributed by atoms with Crippen molar-refractivity contribution in [1.82, 2.24) is 4.90 Å². The second-order valence-corrected chi connectivity index (χ2v) is 3.92. The molecule has 2 rings (SSSR count). The highest BCUT2D eigenvalue weighted by Crippen LogP contribution is 2.33. The van der Waals surface area contributed by atoms with Crippen LogP contribution >= 0.6 is 0 Å². The molecular weight excluding hydrogens is 238 g/mol. The maximum absolute atomic E-state index is 12.1. The van der Waals surface area contributed by atoms with Crippen molar-refractivity contribution in [3.8, 4) is 11.5 Å². The monoisotopic (exact) mass is 251 g/mol. The zero-order valence-electron chi connectivity index (χ0n) is 10.0. The molecule has 1 aliphatic rings. The lowest BCUT2D eigenvalue weighted by Crippen LogP contribution is -2.44. The van der Waals surface area contributed by atoms with Gasteiger partial charge >= 0.3 is 5.97 Å². The standard InChI is InChI=1S/C12H13NO5/c1-13-8(12(15)16)6-18-10-7(11(13)14)4-3-5-9(10)17-2/h3-5,8H,6H2,1-2H3,(H,15,16). The van der Waals surface area contributed by atoms with Crippen LogP contribution in [0.2, 0.25) is 0 Å². The first kappa shape index (κ1) is 12.2. The van der Waals surface area contributed by atoms with Crippen molar-refractivity contribution >= 4 is 11.9 Å². The first-order chi connectivity index (χ1) is 8.56. The normalized spacial score (nSPS) is 18.7. The Morgan fingerprint density at radius 3 is 2.89 bits per heavy atom. The third kappa shape index (κ3) is 1.85. The predicted molar refractivity (Wildman–Crippen MR) is 62.0 cm³/mol. The number of para-hydroxylation sites is 1. The van der Waals surface area contributed by atoms with Crippen LogP contribution in [0.5, 0.6) is 11.5 Å². The van der Waals surface area contributed by atoms with Gasteiger partial charge in [0.1, 0.15) is 6.61 Å². The number of amides is 1. The minimum absolute atomic E-state index is 0.106. The number of likely N-dealkylation sites (N-methyl/N-ethyl adjacent to an activating group) is 1. The number of hydrogen-bond donors (Lipinski definition) is 1. The summed E-state index contributed by atoms with van der Waals surface area (Å²) < 4.78 is 10.5. The molecule has 1 amide bonds. The number of carboxylic acids is 1. The number of carbonyl (C=O) groups excluding carboxylic acids is 1. The lowest BCUT2D eigenvalue weighted by Gasteiger charge is -2.20. The fourth-order valence-corrected chi connectivity index (χ4v) is 1.84. The quantitative estimate of drug-likeness (QED) is 0.833. The molecule has 0 radical (unpaired) electrons. The van der Waals surface area contributed by atoms with Crippen molar-refractivity contribution in [2.45, 2.75) is 6.04 Å². The van der Waals surface area contributed by atoms with Crippen LogP contribution in [0.25, 0.3) is 0 Å². The number of benzene rings is 1. The van der Waals surface area contributed by atoms with Crippen LogP contribution in [-0.2, 0) is 4.79 Å². The number of carboxylic acid groups (broad SMARTS) is 1. The molecule has 6 heteroatoms. The van der Waals surface area contributed by atoms with Gasteiger partial charge in [0.05, 0.1) is 12.7 Å². The highest BCUT2D eigenvalue weighted by atomic mass is 16.5. The van der Waals surface area contributed by atoms with Gasteiger partial charge in [0.15, 0.2) is 17.5 Å². The van der Waals surface area contributed by atoms with Gasteiger partial charge in [-0.3, -0.25) is 4.79 Å². The van der Waals surface area contributed by atoms with Gasteiger partial charge in [-0.05, 0) is 12.1 Å². The smallest absolute Gasteiger partial charge is 0.330 e. The van der Waals surface area contributed by atoms with E-state index in [1.165, 1.54) is 14.2 Å². The van der Waals surface area contributed by atoms with Gasteiger partial charge in [0.2, 0.25) is 0 Å². The molecule has 1 heterocycles. The van der Waals surface area contributed by atoms with Crippen molar-refractivity contribution < 1.29 is 24.2 Å². The molecule has 0 aromatic heterocycles. The summed E-state index contributed by atoms with van der Waals surface area (Å²) in [6, 6.07) is 3.90. The highest BCUT2D eigenvalue weighted by molar-refractivity contribution is 6.00. The van der Waals surface area contributed by atoms with E-state index < -0.39 is 17.9 Å². The van der Waals surface area contributed by atoms with E-state index in [0.717, 1.165) is 4.90 Å². The molecule has 1 N–H and O–H groups in total. The lowest BCUT2D eigenvalue weighted by molar-refractivity contribution is -0.142. The molecule has 1 aliphatic heterocycles.